The molecule has 0 fully saturated rings. The van der Waals surface area contributed by atoms with Crippen molar-refractivity contribution in [3.05, 3.63) is 57.1 Å². The number of carbonyl (C=O) groups excluding carboxylic acids is 1. The van der Waals surface area contributed by atoms with Gasteiger partial charge in [-0.25, -0.2) is 9.78 Å². The van der Waals surface area contributed by atoms with E-state index in [0.717, 1.165) is 22.0 Å². The van der Waals surface area contributed by atoms with Crippen LogP contribution in [0.5, 0.6) is 0 Å². The van der Waals surface area contributed by atoms with Crippen molar-refractivity contribution in [3.8, 4) is 0 Å². The highest BCUT2D eigenvalue weighted by atomic mass is 35.5. The zero-order valence-corrected chi connectivity index (χ0v) is 15.4. The van der Waals surface area contributed by atoms with Crippen molar-refractivity contribution in [1.82, 2.24) is 10.1 Å². The molecule has 0 unspecified atom stereocenters. The maximum atomic E-state index is 12.4. The minimum atomic E-state index is -0.466. The minimum Gasteiger partial charge on any atom is -0.457 e. The third-order valence-electron chi connectivity index (χ3n) is 4.37. The zero-order chi connectivity index (χ0) is 18.1. The first-order valence-electron chi connectivity index (χ1n) is 8.10. The van der Waals surface area contributed by atoms with E-state index in [-0.39, 0.29) is 6.61 Å². The Morgan fingerprint density at radius 1 is 1.28 bits per heavy atom. The Balaban J connectivity index is 1.86. The Kier molecular flexibility index (Phi) is 4.77. The summed E-state index contributed by atoms with van der Waals surface area (Å²) in [5.74, 6) is -0.0115. The summed E-state index contributed by atoms with van der Waals surface area (Å²) < 4.78 is 10.5. The van der Waals surface area contributed by atoms with Crippen LogP contribution in [-0.2, 0) is 17.8 Å². The first kappa shape index (κ1) is 17.4. The van der Waals surface area contributed by atoms with Gasteiger partial charge in [-0.2, -0.15) is 0 Å². The number of hydrogen-bond acceptors (Lipinski definition) is 5. The van der Waals surface area contributed by atoms with Crippen LogP contribution in [0.4, 0.5) is 0 Å². The molecule has 0 saturated heterocycles. The summed E-state index contributed by atoms with van der Waals surface area (Å²) in [6.45, 7) is 7.69. The summed E-state index contributed by atoms with van der Waals surface area (Å²) in [4.78, 5) is 16.8. The Hall–Kier alpha value is -2.40. The predicted molar refractivity (Wildman–Crippen MR) is 96.0 cm³/mol. The maximum Gasteiger partial charge on any atom is 0.344 e. The Morgan fingerprint density at radius 3 is 2.76 bits per heavy atom. The van der Waals surface area contributed by atoms with Crippen molar-refractivity contribution in [2.45, 2.75) is 40.7 Å². The molecule has 0 aliphatic rings. The van der Waals surface area contributed by atoms with Crippen molar-refractivity contribution < 1.29 is 14.1 Å². The number of hydrogen-bond donors (Lipinski definition) is 0. The van der Waals surface area contributed by atoms with Crippen molar-refractivity contribution in [2.75, 3.05) is 0 Å². The summed E-state index contributed by atoms with van der Waals surface area (Å²) >= 11 is 6.29. The lowest BCUT2D eigenvalue weighted by Gasteiger charge is -2.10. The van der Waals surface area contributed by atoms with Crippen molar-refractivity contribution in [2.24, 2.45) is 0 Å². The summed E-state index contributed by atoms with van der Waals surface area (Å²) in [5, 5.41) is 5.18. The topological polar surface area (TPSA) is 65.2 Å². The van der Waals surface area contributed by atoms with Gasteiger partial charge in [0.1, 0.15) is 23.1 Å². The molecule has 130 valence electrons. The molecule has 0 radical (unpaired) electrons. The second kappa shape index (κ2) is 6.84. The van der Waals surface area contributed by atoms with Crippen LogP contribution in [0.15, 0.2) is 22.7 Å². The van der Waals surface area contributed by atoms with Gasteiger partial charge in [-0.15, -0.1) is 0 Å². The number of aromatic nitrogens is 2. The van der Waals surface area contributed by atoms with Gasteiger partial charge in [0.25, 0.3) is 0 Å². The van der Waals surface area contributed by atoms with Gasteiger partial charge >= 0.3 is 5.97 Å². The quantitative estimate of drug-likeness (QED) is 0.498. The number of rotatable bonds is 4. The number of fused-ring (bicyclic) bond motifs is 1. The highest BCUT2D eigenvalue weighted by molar-refractivity contribution is 6.30. The number of carbonyl (C=O) groups is 1. The van der Waals surface area contributed by atoms with Crippen LogP contribution in [0.2, 0.25) is 5.15 Å². The van der Waals surface area contributed by atoms with E-state index in [1.807, 2.05) is 39.0 Å². The van der Waals surface area contributed by atoms with Gasteiger partial charge in [0.2, 0.25) is 0 Å². The van der Waals surface area contributed by atoms with Crippen molar-refractivity contribution in [3.63, 3.8) is 0 Å². The summed E-state index contributed by atoms with van der Waals surface area (Å²) in [6, 6.07) is 5.94. The molecule has 0 atom stereocenters. The summed E-state index contributed by atoms with van der Waals surface area (Å²) in [7, 11) is 0. The fourth-order valence-electron chi connectivity index (χ4n) is 2.74. The van der Waals surface area contributed by atoms with Crippen LogP contribution < -0.4 is 0 Å². The van der Waals surface area contributed by atoms with E-state index in [1.165, 1.54) is 0 Å². The van der Waals surface area contributed by atoms with Crippen LogP contribution in [-0.4, -0.2) is 16.1 Å². The molecule has 2 heterocycles. The van der Waals surface area contributed by atoms with Crippen molar-refractivity contribution in [1.29, 1.82) is 0 Å². The van der Waals surface area contributed by atoms with Crippen LogP contribution in [0.1, 0.15) is 45.4 Å². The molecule has 0 aliphatic heterocycles. The molecule has 1 aromatic carbocycles. The average molecular weight is 359 g/mol. The molecule has 0 saturated carbocycles. The second-order valence-corrected chi connectivity index (χ2v) is 6.37. The number of nitrogens with zero attached hydrogens (tertiary/aromatic N) is 2. The maximum absolute atomic E-state index is 12.4. The molecular formula is C19H19ClN2O3. The van der Waals surface area contributed by atoms with Gasteiger partial charge in [0.05, 0.1) is 11.2 Å². The van der Waals surface area contributed by atoms with E-state index in [2.05, 4.69) is 10.1 Å². The van der Waals surface area contributed by atoms with Crippen LogP contribution in [0, 0.1) is 20.8 Å². The molecule has 25 heavy (non-hydrogen) atoms. The molecule has 3 rings (SSSR count). The molecule has 2 aromatic heterocycles. The average Bonchev–Trinajstić information content (AvgIpc) is 2.97. The van der Waals surface area contributed by atoms with Gasteiger partial charge in [-0.3, -0.25) is 0 Å². The lowest BCUT2D eigenvalue weighted by Crippen LogP contribution is -2.09. The Labute approximate surface area is 150 Å². The molecular weight excluding hydrogens is 340 g/mol. The number of esters is 1. The molecule has 0 N–H and O–H groups in total. The van der Waals surface area contributed by atoms with Gasteiger partial charge in [0.15, 0.2) is 0 Å². The fraction of sp³-hybridized carbons (Fsp3) is 0.316. The lowest BCUT2D eigenvalue weighted by molar-refractivity contribution is 0.0469. The largest absolute Gasteiger partial charge is 0.457 e. The van der Waals surface area contributed by atoms with E-state index in [1.54, 1.807) is 6.92 Å². The summed E-state index contributed by atoms with van der Waals surface area (Å²) in [6.07, 6.45) is 0.596. The lowest BCUT2D eigenvalue weighted by atomic mass is 10.0. The minimum absolute atomic E-state index is 0.0430. The standard InChI is InChI=1S/C19H19ClN2O3/c1-5-15-16(12(4)25-22-15)19(23)24-9-14-8-13-7-6-10(2)11(3)17(13)21-18(14)20/h6-8H,5,9H2,1-4H3. The number of benzene rings is 1. The normalized spacial score (nSPS) is 11.1. The van der Waals surface area contributed by atoms with Gasteiger partial charge in [-0.05, 0) is 44.4 Å². The third-order valence-corrected chi connectivity index (χ3v) is 4.70. The highest BCUT2D eigenvalue weighted by Crippen LogP contribution is 2.26. The van der Waals surface area contributed by atoms with Crippen LogP contribution in [0.3, 0.4) is 0 Å². The van der Waals surface area contributed by atoms with Crippen molar-refractivity contribution >= 4 is 28.5 Å². The number of aryl methyl sites for hydroxylation is 4. The monoisotopic (exact) mass is 358 g/mol. The van der Waals surface area contributed by atoms with Gasteiger partial charge in [0, 0.05) is 10.9 Å². The van der Waals surface area contributed by atoms with Gasteiger partial charge in [-0.1, -0.05) is 35.8 Å². The van der Waals surface area contributed by atoms with E-state index in [9.17, 15) is 4.79 Å². The molecule has 0 spiro atoms. The first-order valence-corrected chi connectivity index (χ1v) is 8.47. The number of pyridine rings is 1. The molecule has 0 amide bonds. The predicted octanol–water partition coefficient (Wildman–Crippen LogP) is 4.72. The molecule has 0 aliphatic carbocycles. The number of ether oxygens (including phenoxy) is 1. The highest BCUT2D eigenvalue weighted by Gasteiger charge is 2.21. The van der Waals surface area contributed by atoms with E-state index in [0.29, 0.717) is 34.2 Å². The van der Waals surface area contributed by atoms with E-state index >= 15 is 0 Å². The Bertz CT molecular complexity index is 963. The second-order valence-electron chi connectivity index (χ2n) is 6.01. The van der Waals surface area contributed by atoms with E-state index in [4.69, 9.17) is 20.9 Å². The van der Waals surface area contributed by atoms with Gasteiger partial charge < -0.3 is 9.26 Å². The van der Waals surface area contributed by atoms with E-state index < -0.39 is 5.97 Å². The molecule has 0 bridgehead atoms. The fourth-order valence-corrected chi connectivity index (χ4v) is 2.94. The smallest absolute Gasteiger partial charge is 0.344 e. The molecule has 5 nitrogen and oxygen atoms in total. The Morgan fingerprint density at radius 2 is 2.04 bits per heavy atom. The third kappa shape index (κ3) is 3.24. The van der Waals surface area contributed by atoms with Crippen LogP contribution >= 0.6 is 11.6 Å². The van der Waals surface area contributed by atoms with Crippen LogP contribution in [0.25, 0.3) is 10.9 Å². The molecule has 6 heteroatoms. The first-order chi connectivity index (χ1) is 11.9. The molecule has 3 aromatic rings. The zero-order valence-electron chi connectivity index (χ0n) is 14.6. The number of halogens is 1. The summed E-state index contributed by atoms with van der Waals surface area (Å²) in [5.41, 5.74) is 4.76. The SMILES string of the molecule is CCc1noc(C)c1C(=O)OCc1cc2ccc(C)c(C)c2nc1Cl.